The quantitative estimate of drug-likeness (QED) is 0.147. The van der Waals surface area contributed by atoms with Gasteiger partial charge in [-0.2, -0.15) is 5.26 Å². The highest BCUT2D eigenvalue weighted by Gasteiger charge is 2.84. The topological polar surface area (TPSA) is 187 Å². The molecule has 12 rings (SSSR count). The monoisotopic (exact) mass is 825 g/mol. The number of fused-ring (bicyclic) bond motifs is 11. The third kappa shape index (κ3) is 4.27. The molecular weight excluding hydrogens is 767 g/mol. The number of epoxide rings is 1. The van der Waals surface area contributed by atoms with Crippen molar-refractivity contribution in [1.82, 2.24) is 0 Å². The van der Waals surface area contributed by atoms with Crippen LogP contribution in [0, 0.1) is 85.7 Å². The van der Waals surface area contributed by atoms with Crippen molar-refractivity contribution in [3.05, 3.63) is 11.6 Å². The van der Waals surface area contributed by atoms with E-state index in [0.29, 0.717) is 57.8 Å². The number of carbonyl (C=O) groups excluding carboxylic acids is 6. The van der Waals surface area contributed by atoms with Crippen LogP contribution in [0.2, 0.25) is 0 Å². The normalized spacial score (nSPS) is 55.8. The van der Waals surface area contributed by atoms with E-state index in [1.54, 1.807) is 6.08 Å². The molecule has 0 radical (unpaired) electrons. The molecular formula is C48H59NO11. The number of ether oxygens (including phenoxy) is 4. The Balaban J connectivity index is 0.000000136. The summed E-state index contributed by atoms with van der Waals surface area (Å²) in [6.45, 7) is 8.72. The van der Waals surface area contributed by atoms with Gasteiger partial charge in [-0.3, -0.25) is 28.8 Å². The smallest absolute Gasteiger partial charge is 0.309 e. The summed E-state index contributed by atoms with van der Waals surface area (Å²) in [5, 5.41) is 21.9. The van der Waals surface area contributed by atoms with Crippen LogP contribution in [0.1, 0.15) is 130 Å². The first-order chi connectivity index (χ1) is 28.3. The highest BCUT2D eigenvalue weighted by atomic mass is 16.6. The summed E-state index contributed by atoms with van der Waals surface area (Å²) in [5.74, 6) is -1.72. The summed E-state index contributed by atoms with van der Waals surface area (Å²) in [4.78, 5) is 75.9. The molecule has 60 heavy (non-hydrogen) atoms. The van der Waals surface area contributed by atoms with Gasteiger partial charge in [0, 0.05) is 53.8 Å². The van der Waals surface area contributed by atoms with Crippen LogP contribution in [-0.4, -0.2) is 76.5 Å². The van der Waals surface area contributed by atoms with Crippen molar-refractivity contribution in [3.8, 4) is 6.07 Å². The Morgan fingerprint density at radius 1 is 0.800 bits per heavy atom. The van der Waals surface area contributed by atoms with E-state index in [1.165, 1.54) is 7.11 Å². The molecule has 0 aromatic carbocycles. The standard InChI is InChI=1S/C24H29NO5.C24H30O6/c1-21-6-4-14(26)19-20(29)12(9-23(19,21)11-25)17-13-3-7-24(8-5-16(28)30-24)22(13,2)10-15(27)18(17)21;1-21-7-4-14(25)10-13(21)11-15(20(27)28-3)19-16-5-8-23(9-6-18(26)30-23)22(16,2)12-17-24(19,21)29-17/h12-13,15,17-19,27H,3-10H2,1-2H3;10,15-17,19H,4-9,11-12H2,1-3H3/t12-,13?,15-,17?,18?,19+,21?,22?,23+,24-;15-,16?,17-,19?,21?,22?,23-,24-/m11/s1. The highest BCUT2D eigenvalue weighted by molar-refractivity contribution is 6.07. The number of Topliss-reactive ketones (excluding diaryl/α,β-unsaturated/α-hetero) is 2. The largest absolute Gasteiger partial charge is 0.469 e. The van der Waals surface area contributed by atoms with Gasteiger partial charge in [-0.05, 0) is 112 Å². The van der Waals surface area contributed by atoms with E-state index in [4.69, 9.17) is 18.9 Å². The zero-order valence-corrected chi connectivity index (χ0v) is 35.6. The molecule has 0 amide bonds. The van der Waals surface area contributed by atoms with Gasteiger partial charge in [0.15, 0.2) is 5.78 Å². The van der Waals surface area contributed by atoms with Crippen molar-refractivity contribution in [2.24, 2.45) is 74.4 Å². The Labute approximate surface area is 351 Å². The first kappa shape index (κ1) is 39.4. The lowest BCUT2D eigenvalue weighted by atomic mass is 9.39. The van der Waals surface area contributed by atoms with Crippen LogP contribution in [0.4, 0.5) is 0 Å². The second-order valence-electron chi connectivity index (χ2n) is 22.5. The Morgan fingerprint density at radius 2 is 1.45 bits per heavy atom. The number of carbonyl (C=O) groups is 6. The third-order valence-corrected chi connectivity index (χ3v) is 21.2. The van der Waals surface area contributed by atoms with Crippen LogP contribution < -0.4 is 0 Å². The maximum atomic E-state index is 13.6. The summed E-state index contributed by atoms with van der Waals surface area (Å²) >= 11 is 0. The summed E-state index contributed by atoms with van der Waals surface area (Å²) in [5.41, 5.74) is -2.61. The molecule has 11 fully saturated rings. The predicted octanol–water partition coefficient (Wildman–Crippen LogP) is 5.70. The van der Waals surface area contributed by atoms with Crippen LogP contribution in [0.3, 0.4) is 0 Å². The Bertz CT molecular complexity index is 2140. The average Bonchev–Trinajstić information content (AvgIpc) is 3.56. The maximum Gasteiger partial charge on any atom is 0.309 e. The molecule has 322 valence electrons. The summed E-state index contributed by atoms with van der Waals surface area (Å²) < 4.78 is 23.9. The molecule has 8 saturated carbocycles. The van der Waals surface area contributed by atoms with Crippen LogP contribution in [-0.2, 0) is 47.7 Å². The van der Waals surface area contributed by atoms with Gasteiger partial charge in [-0.15, -0.1) is 0 Å². The van der Waals surface area contributed by atoms with E-state index in [2.05, 4.69) is 33.8 Å². The molecule has 3 aliphatic heterocycles. The minimum absolute atomic E-state index is 0.0303. The van der Waals surface area contributed by atoms with E-state index < -0.39 is 39.7 Å². The Morgan fingerprint density at radius 3 is 2.07 bits per heavy atom. The van der Waals surface area contributed by atoms with Crippen LogP contribution in [0.25, 0.3) is 0 Å². The van der Waals surface area contributed by atoms with E-state index in [1.807, 2.05) is 0 Å². The molecule has 1 N–H and O–H groups in total. The van der Waals surface area contributed by atoms with Crippen molar-refractivity contribution < 1.29 is 52.8 Å². The number of rotatable bonds is 1. The van der Waals surface area contributed by atoms with E-state index in [-0.39, 0.29) is 99.0 Å². The second-order valence-corrected chi connectivity index (χ2v) is 22.5. The number of ketones is 3. The molecule has 12 nitrogen and oxygen atoms in total. The van der Waals surface area contributed by atoms with Crippen molar-refractivity contribution in [3.63, 3.8) is 0 Å². The number of aliphatic hydroxyl groups excluding tert-OH is 1. The van der Waals surface area contributed by atoms with Crippen molar-refractivity contribution >= 4 is 35.3 Å². The van der Waals surface area contributed by atoms with E-state index in [9.17, 15) is 39.1 Å². The molecule has 3 spiro atoms. The van der Waals surface area contributed by atoms with Crippen molar-refractivity contribution in [2.75, 3.05) is 7.11 Å². The summed E-state index contributed by atoms with van der Waals surface area (Å²) in [6, 6.07) is 2.47. The first-order valence-electron chi connectivity index (χ1n) is 22.9. The number of aliphatic hydroxyl groups is 1. The molecule has 12 aliphatic rings. The number of nitrogens with zero attached hydrogens (tertiary/aromatic N) is 1. The lowest BCUT2D eigenvalue weighted by molar-refractivity contribution is -0.213. The van der Waals surface area contributed by atoms with Gasteiger partial charge in [-0.1, -0.05) is 33.3 Å². The summed E-state index contributed by atoms with van der Waals surface area (Å²) in [7, 11) is 1.45. The number of hydrogen-bond acceptors (Lipinski definition) is 12. The lowest BCUT2D eigenvalue weighted by Crippen LogP contribution is -2.65. The SMILES string of the molecule is CC12C[C@@H](O)C3C(C1CC[C@@]21CCC(=O)O1)[C@H]1C[C@]2(C#N)[C@@H](C(=O)CCC32C)C1=O.COC(=O)[C@@H]1CC2=CC(=O)CCC2(C)[C@@]23O[C@@H]2CC2(C)C(CC[C@@]24CCC(=O)O4)C13. The fourth-order valence-corrected chi connectivity index (χ4v) is 18.4. The Kier molecular flexibility index (Phi) is 7.87. The minimum Gasteiger partial charge on any atom is -0.469 e. The minimum atomic E-state index is -0.976. The van der Waals surface area contributed by atoms with Crippen LogP contribution in [0.5, 0.6) is 0 Å². The Hall–Kier alpha value is -3.43. The van der Waals surface area contributed by atoms with Gasteiger partial charge in [-0.25, -0.2) is 0 Å². The fraction of sp³-hybridized carbons (Fsp3) is 0.812. The molecule has 9 unspecified atom stereocenters. The number of esters is 3. The molecule has 18 atom stereocenters. The number of hydrogen-bond donors (Lipinski definition) is 1. The summed E-state index contributed by atoms with van der Waals surface area (Å²) in [6.07, 6.45) is 11.6. The fourth-order valence-electron chi connectivity index (χ4n) is 18.4. The molecule has 2 bridgehead atoms. The van der Waals surface area contributed by atoms with Gasteiger partial charge in [0.05, 0.1) is 42.6 Å². The average molecular weight is 826 g/mol. The second kappa shape index (κ2) is 12.0. The van der Waals surface area contributed by atoms with Gasteiger partial charge in [0.2, 0.25) is 0 Å². The molecule has 3 saturated heterocycles. The molecule has 3 heterocycles. The van der Waals surface area contributed by atoms with Crippen molar-refractivity contribution in [2.45, 2.75) is 159 Å². The van der Waals surface area contributed by atoms with Crippen LogP contribution >= 0.6 is 0 Å². The molecule has 12 heteroatoms. The van der Waals surface area contributed by atoms with Gasteiger partial charge < -0.3 is 24.1 Å². The lowest BCUT2D eigenvalue weighted by Gasteiger charge is -2.64. The zero-order chi connectivity index (χ0) is 42.4. The zero-order valence-electron chi connectivity index (χ0n) is 35.6. The van der Waals surface area contributed by atoms with Gasteiger partial charge >= 0.3 is 17.9 Å². The first-order valence-corrected chi connectivity index (χ1v) is 22.9. The van der Waals surface area contributed by atoms with Crippen LogP contribution in [0.15, 0.2) is 11.6 Å². The number of methoxy groups -OCH3 is 1. The molecule has 9 aliphatic carbocycles. The van der Waals surface area contributed by atoms with E-state index in [0.717, 1.165) is 50.5 Å². The molecule has 0 aromatic rings. The van der Waals surface area contributed by atoms with E-state index >= 15 is 0 Å². The van der Waals surface area contributed by atoms with Gasteiger partial charge in [0.1, 0.15) is 28.4 Å². The highest BCUT2D eigenvalue weighted by Crippen LogP contribution is 2.79. The van der Waals surface area contributed by atoms with Crippen molar-refractivity contribution in [1.29, 1.82) is 5.26 Å². The molecule has 0 aromatic heterocycles. The van der Waals surface area contributed by atoms with Gasteiger partial charge in [0.25, 0.3) is 0 Å². The maximum absolute atomic E-state index is 13.6. The third-order valence-electron chi connectivity index (χ3n) is 21.2. The predicted molar refractivity (Wildman–Crippen MR) is 209 cm³/mol. The number of nitriles is 1.